The molecule has 0 aliphatic heterocycles. The molecule has 646 valence electrons. The second kappa shape index (κ2) is 39.4. The molecule has 0 spiro atoms. The van der Waals surface area contributed by atoms with Gasteiger partial charge < -0.3 is 60.3 Å². The summed E-state index contributed by atoms with van der Waals surface area (Å²) in [5, 5.41) is 85.2. The molecule has 7 heterocycles. The number of aliphatic hydroxyl groups excluding tert-OH is 2. The maximum Gasteiger partial charge on any atom is 0.335 e. The number of aromatic amines is 3. The molecule has 8 aromatic carbocycles. The number of benzene rings is 8. The second-order valence-corrected chi connectivity index (χ2v) is 30.0. The number of carbonyl (C=O) groups excluding carboxylic acids is 4. The Morgan fingerprint density at radius 2 is 1.01 bits per heavy atom. The van der Waals surface area contributed by atoms with Gasteiger partial charge in [-0.05, 0) is 198 Å². The molecule has 30 nitrogen and oxygen atoms in total. The van der Waals surface area contributed by atoms with E-state index in [1.54, 1.807) is 87.8 Å². The van der Waals surface area contributed by atoms with Crippen molar-refractivity contribution in [2.75, 3.05) is 21.3 Å². The van der Waals surface area contributed by atoms with Gasteiger partial charge in [-0.3, -0.25) is 48.5 Å². The highest BCUT2D eigenvalue weighted by Gasteiger charge is 2.30. The smallest absolute Gasteiger partial charge is 0.335 e. The number of aryl methyl sites for hydroxylation is 3. The number of nitrogens with one attached hydrogen (secondary N) is 7. The van der Waals surface area contributed by atoms with Crippen molar-refractivity contribution in [3.8, 4) is 17.2 Å². The summed E-state index contributed by atoms with van der Waals surface area (Å²) in [7, 11) is 9.77. The molecule has 4 amide bonds. The van der Waals surface area contributed by atoms with Gasteiger partial charge in [0, 0.05) is 61.0 Å². The number of carbonyl (C=O) groups is 6. The lowest BCUT2D eigenvalue weighted by Gasteiger charge is -2.10. The van der Waals surface area contributed by atoms with Gasteiger partial charge in [0.1, 0.15) is 55.8 Å². The van der Waals surface area contributed by atoms with Crippen LogP contribution in [-0.2, 0) is 40.9 Å². The van der Waals surface area contributed by atoms with Crippen molar-refractivity contribution in [2.45, 2.75) is 76.4 Å². The number of hydrogen-bond donors (Lipinski definition) is 11. The summed E-state index contributed by atoms with van der Waals surface area (Å²) in [6.45, 7) is 11.3. The van der Waals surface area contributed by atoms with Gasteiger partial charge in [0.25, 0.3) is 23.6 Å². The van der Waals surface area contributed by atoms with Crippen LogP contribution in [0.25, 0.3) is 108 Å². The number of rotatable bonds is 23. The standard InChI is InChI=1S/2C21H21N3O3.C17H17N3O3.C14H14FN3O.C11H9FN2O2.C8H4BrFN2O2/c1-27-20-16(21(26)22-15-6-7-15)8-10-18-19(20)17(23-24-18)9-5-13-3-2-4-14(11-13)12-25;1-27-20-16(21(26)22-15-7-8-15)9-11-18-19(20)17(23-24-18)10-6-13-4-2-3-5-14(13)12-25;1-4-13-15-14(20(2)19-13)8-7-12(16(15)22-3)17(21)18-10-11-6-5-9-23-11;1-3-12-10-6-8(14(19)16-9-4-5-9)7-11(15)13(10)18(2)17-12;1-3-9-7-4-6(11(15)16)5-8(12)10(7)14(2)13-9;9-7-4-1-3(8(13)14)2-5(10)6(4)11-12-7/h2-5,8-11,15,25H,6-7,12H2,1H3,(H,22,26)(H,23,24);2-6,9-11,15,25H,7-8,12H2,1H3,(H,22,26)(H,23,24);4-9H,1,10H2,2-3H3,(H,18,21);3,6-7,9H,1,4-5H2,2H3,(H,16,19);3-5H,1H2,2H3,(H,15,16);1-2H,(H,11,12)(H,13,14)/b9-5+;10-6+;;;;. The van der Waals surface area contributed by atoms with Crippen LogP contribution >= 0.6 is 15.9 Å². The number of methoxy groups -OCH3 is 3. The number of ether oxygens (including phenoxy) is 3. The number of nitrogens with zero attached hydrogens (tertiary/aromatic N) is 9. The van der Waals surface area contributed by atoms with E-state index in [0.717, 1.165) is 117 Å². The second-order valence-electron chi connectivity index (χ2n) is 29.2. The number of H-pyrrole nitrogens is 3. The highest BCUT2D eigenvalue weighted by Crippen LogP contribution is 2.38. The van der Waals surface area contributed by atoms with Crippen LogP contribution in [0.4, 0.5) is 13.2 Å². The molecule has 15 aromatic rings. The average molecular weight is 1780 g/mol. The maximum atomic E-state index is 14.1. The number of carboxylic acid groups (broad SMARTS) is 2. The molecule has 0 radical (unpaired) electrons. The van der Waals surface area contributed by atoms with Gasteiger partial charge in [0.15, 0.2) is 5.82 Å². The zero-order valence-electron chi connectivity index (χ0n) is 68.9. The molecule has 0 unspecified atom stereocenters. The molecule has 3 aliphatic carbocycles. The Morgan fingerprint density at radius 3 is 1.52 bits per heavy atom. The number of amides is 4. The van der Waals surface area contributed by atoms with E-state index < -0.39 is 29.4 Å². The van der Waals surface area contributed by atoms with Crippen LogP contribution < -0.4 is 35.5 Å². The molecule has 126 heavy (non-hydrogen) atoms. The monoisotopic (exact) mass is 1770 g/mol. The molecule has 0 saturated heterocycles. The third-order valence-corrected chi connectivity index (χ3v) is 21.1. The molecular weight excluding hydrogens is 1690 g/mol. The van der Waals surface area contributed by atoms with E-state index in [2.05, 4.69) is 103 Å². The van der Waals surface area contributed by atoms with E-state index in [1.807, 2.05) is 98.1 Å². The predicted octanol–water partition coefficient (Wildman–Crippen LogP) is 15.5. The zero-order valence-corrected chi connectivity index (χ0v) is 70.5. The van der Waals surface area contributed by atoms with Gasteiger partial charge in [0.05, 0.1) is 136 Å². The normalized spacial score (nSPS) is 12.7. The Balaban J connectivity index is 0.000000131. The van der Waals surface area contributed by atoms with E-state index in [1.165, 1.54) is 40.7 Å². The van der Waals surface area contributed by atoms with Crippen molar-refractivity contribution in [3.05, 3.63) is 271 Å². The number of aromatic carboxylic acids is 2. The van der Waals surface area contributed by atoms with Crippen molar-refractivity contribution < 1.29 is 81.0 Å². The topological polar surface area (TPSA) is 412 Å². The Labute approximate surface area is 725 Å². The molecule has 3 fully saturated rings. The Hall–Kier alpha value is -15.0. The Kier molecular flexibility index (Phi) is 27.8. The first-order valence-corrected chi connectivity index (χ1v) is 40.2. The molecule has 18 rings (SSSR count). The maximum absolute atomic E-state index is 14.1. The lowest BCUT2D eigenvalue weighted by atomic mass is 10.0. The third-order valence-electron chi connectivity index (χ3n) is 20.5. The first kappa shape index (κ1) is 88.7. The minimum atomic E-state index is -1.17. The van der Waals surface area contributed by atoms with Gasteiger partial charge >= 0.3 is 11.9 Å². The van der Waals surface area contributed by atoms with Gasteiger partial charge in [-0.15, -0.1) is 0 Å². The van der Waals surface area contributed by atoms with Crippen LogP contribution in [0.3, 0.4) is 0 Å². The van der Waals surface area contributed by atoms with Gasteiger partial charge in [-0.2, -0.15) is 30.6 Å². The number of furan rings is 1. The quantitative estimate of drug-likeness (QED) is 0.0283. The lowest BCUT2D eigenvalue weighted by molar-refractivity contribution is 0.0686. The summed E-state index contributed by atoms with van der Waals surface area (Å²) in [6.07, 6.45) is 20.0. The molecule has 7 aromatic heterocycles. The molecule has 11 N–H and O–H groups in total. The summed E-state index contributed by atoms with van der Waals surface area (Å²) >= 11 is 3.11. The average Bonchev–Trinajstić information content (AvgIpc) is 1.64. The van der Waals surface area contributed by atoms with E-state index >= 15 is 0 Å². The van der Waals surface area contributed by atoms with Crippen LogP contribution in [-0.4, -0.2) is 155 Å². The Morgan fingerprint density at radius 1 is 0.516 bits per heavy atom. The van der Waals surface area contributed by atoms with E-state index in [-0.39, 0.29) is 77.1 Å². The fraction of sp³-hybridized carbons (Fsp3) is 0.196. The SMILES string of the molecule is C=Cc1nn(C)c2c(F)cc(C(=O)NC3CC3)cc12.C=Cc1nn(C)c2c(F)cc(C(=O)O)cc12.C=Cc1nn(C)c2ccc(C(=O)NCc3ccco3)c(OC)c12.COc1c(C(=O)NC2CC2)ccc2n[nH]c(/C=C/c3cccc(CO)c3)c12.COc1c(C(=O)NC2CC2)ccc2n[nH]c(/C=C/c3ccccc3CO)c12.O=C(O)c1cc(F)c2n[nH]c(Br)c2c1. The molecule has 0 atom stereocenters. The predicted molar refractivity (Wildman–Crippen MR) is 476 cm³/mol. The number of carboxylic acids is 2. The highest BCUT2D eigenvalue weighted by molar-refractivity contribution is 9.10. The van der Waals surface area contributed by atoms with Gasteiger partial charge in [-0.1, -0.05) is 74.4 Å². The van der Waals surface area contributed by atoms with Gasteiger partial charge in [-0.25, -0.2) is 22.8 Å². The van der Waals surface area contributed by atoms with Crippen molar-refractivity contribution in [3.63, 3.8) is 0 Å². The fourth-order valence-electron chi connectivity index (χ4n) is 13.8. The fourth-order valence-corrected chi connectivity index (χ4v) is 14.2. The lowest BCUT2D eigenvalue weighted by Crippen LogP contribution is -2.25. The number of hydrogen-bond acceptors (Lipinski definition) is 18. The minimum Gasteiger partial charge on any atom is -0.495 e. The summed E-state index contributed by atoms with van der Waals surface area (Å²) < 4.78 is 67.9. The molecule has 34 heteroatoms. The molecule has 0 bridgehead atoms. The van der Waals surface area contributed by atoms with Crippen LogP contribution in [0.2, 0.25) is 0 Å². The number of halogens is 4. The molecule has 3 aliphatic rings. The third kappa shape index (κ3) is 20.2. The molecular formula is C92H86BrF3N16O14. The largest absolute Gasteiger partial charge is 0.495 e. The number of aliphatic hydroxyl groups is 2. The number of fused-ring (bicyclic) bond motifs is 6. The van der Waals surface area contributed by atoms with Crippen molar-refractivity contribution in [1.82, 2.24) is 81.2 Å². The summed E-state index contributed by atoms with van der Waals surface area (Å²) in [5.41, 5.74) is 11.5. The van der Waals surface area contributed by atoms with Crippen LogP contribution in [0.15, 0.2) is 168 Å². The minimum absolute atomic E-state index is 0.00194. The van der Waals surface area contributed by atoms with Crippen molar-refractivity contribution in [2.24, 2.45) is 21.1 Å². The summed E-state index contributed by atoms with van der Waals surface area (Å²) in [6, 6.07) is 38.0. The van der Waals surface area contributed by atoms with E-state index in [0.29, 0.717) is 95.2 Å². The van der Waals surface area contributed by atoms with Gasteiger partial charge in [0.2, 0.25) is 0 Å². The van der Waals surface area contributed by atoms with Crippen molar-refractivity contribution in [1.29, 1.82) is 0 Å². The summed E-state index contributed by atoms with van der Waals surface area (Å²) in [5.74, 6) is -2.55. The first-order valence-electron chi connectivity index (χ1n) is 39.4. The highest BCUT2D eigenvalue weighted by atomic mass is 79.9. The Bertz CT molecular complexity index is 6770. The van der Waals surface area contributed by atoms with E-state index in [9.17, 15) is 52.2 Å². The number of aromatic nitrogens is 12. The van der Waals surface area contributed by atoms with E-state index in [4.69, 9.17) is 28.8 Å². The zero-order chi connectivity index (χ0) is 89.7. The van der Waals surface area contributed by atoms with Crippen LogP contribution in [0, 0.1) is 17.5 Å². The van der Waals surface area contributed by atoms with Crippen LogP contribution in [0.5, 0.6) is 17.2 Å². The van der Waals surface area contributed by atoms with Crippen LogP contribution in [0.1, 0.15) is 157 Å². The van der Waals surface area contributed by atoms with Crippen molar-refractivity contribution >= 4 is 159 Å². The summed E-state index contributed by atoms with van der Waals surface area (Å²) in [4.78, 5) is 70.9. The first-order chi connectivity index (χ1) is 60.8. The molecule has 3 saturated carbocycles.